The molecular weight excluding hydrogens is 148 g/mol. The lowest BCUT2D eigenvalue weighted by Crippen LogP contribution is -2.26. The van der Waals surface area contributed by atoms with Crippen LogP contribution in [0.1, 0.15) is 40.0 Å². The Balaban J connectivity index is 3.83. The van der Waals surface area contributed by atoms with Gasteiger partial charge in [-0.3, -0.25) is 0 Å². The summed E-state index contributed by atoms with van der Waals surface area (Å²) < 4.78 is 0. The van der Waals surface area contributed by atoms with Gasteiger partial charge in [0.25, 0.3) is 0 Å². The molecule has 0 spiro atoms. The second-order valence-electron chi connectivity index (χ2n) is 3.05. The van der Waals surface area contributed by atoms with Gasteiger partial charge in [0.05, 0.1) is 0 Å². The van der Waals surface area contributed by atoms with Gasteiger partial charge in [-0.25, -0.2) is 0 Å². The molecule has 0 amide bonds. The van der Waals surface area contributed by atoms with E-state index in [1.54, 1.807) is 6.08 Å². The Kier molecular flexibility index (Phi) is 6.44. The topological polar surface area (TPSA) is 35.9 Å². The van der Waals surface area contributed by atoms with Crippen LogP contribution >= 0.6 is 0 Å². The fraction of sp³-hybridized carbons (Fsp3) is 0.700. The van der Waals surface area contributed by atoms with Crippen molar-refractivity contribution >= 4 is 6.21 Å². The fourth-order valence-corrected chi connectivity index (χ4v) is 1.22. The second kappa shape index (κ2) is 6.89. The van der Waals surface area contributed by atoms with Gasteiger partial charge in [0.15, 0.2) is 0 Å². The quantitative estimate of drug-likeness (QED) is 0.588. The Bertz CT molecular complexity index is 150. The minimum absolute atomic E-state index is 0.575. The summed E-state index contributed by atoms with van der Waals surface area (Å²) in [7, 11) is 0. The van der Waals surface area contributed by atoms with E-state index in [1.807, 2.05) is 6.92 Å². The standard InChI is InChI=1S/C10H20N2/c1-4-6-10(5-2)12-9(3)7-8-11/h7-8,10-12H,4-6H2,1-3H3/b9-7-,11-8?. The van der Waals surface area contributed by atoms with Crippen LogP contribution in [-0.2, 0) is 0 Å². The molecule has 0 heterocycles. The first-order valence-corrected chi connectivity index (χ1v) is 4.68. The van der Waals surface area contributed by atoms with Crippen molar-refractivity contribution < 1.29 is 0 Å². The third-order valence-electron chi connectivity index (χ3n) is 1.90. The molecule has 0 radical (unpaired) electrons. The predicted molar refractivity (Wildman–Crippen MR) is 54.7 cm³/mol. The first-order valence-electron chi connectivity index (χ1n) is 4.68. The molecule has 0 aromatic rings. The van der Waals surface area contributed by atoms with Crippen LogP contribution in [0.25, 0.3) is 0 Å². The summed E-state index contributed by atoms with van der Waals surface area (Å²) in [6.07, 6.45) is 6.68. The summed E-state index contributed by atoms with van der Waals surface area (Å²) in [5.74, 6) is 0. The first-order chi connectivity index (χ1) is 5.74. The Morgan fingerprint density at radius 2 is 2.17 bits per heavy atom. The van der Waals surface area contributed by atoms with E-state index in [0.29, 0.717) is 6.04 Å². The molecule has 2 nitrogen and oxygen atoms in total. The lowest BCUT2D eigenvalue weighted by Gasteiger charge is -2.17. The van der Waals surface area contributed by atoms with Crippen LogP contribution in [0.4, 0.5) is 0 Å². The zero-order valence-corrected chi connectivity index (χ0v) is 8.35. The molecule has 0 saturated carbocycles. The van der Waals surface area contributed by atoms with E-state index < -0.39 is 0 Å². The SMILES string of the molecule is CCCC(CC)N/C(C)=C\C=N. The molecule has 0 aromatic carbocycles. The zero-order chi connectivity index (χ0) is 9.40. The molecule has 70 valence electrons. The summed E-state index contributed by atoms with van der Waals surface area (Å²) in [4.78, 5) is 0. The van der Waals surface area contributed by atoms with Crippen LogP contribution in [0.3, 0.4) is 0 Å². The van der Waals surface area contributed by atoms with Gasteiger partial charge in [0.1, 0.15) is 0 Å². The van der Waals surface area contributed by atoms with Crippen molar-refractivity contribution in [2.45, 2.75) is 46.1 Å². The van der Waals surface area contributed by atoms with E-state index in [9.17, 15) is 0 Å². The highest BCUT2D eigenvalue weighted by Crippen LogP contribution is 2.02. The minimum atomic E-state index is 0.575. The summed E-state index contributed by atoms with van der Waals surface area (Å²) in [5.41, 5.74) is 1.09. The summed E-state index contributed by atoms with van der Waals surface area (Å²) in [6.45, 7) is 6.38. The molecule has 0 aliphatic carbocycles. The van der Waals surface area contributed by atoms with E-state index in [4.69, 9.17) is 5.41 Å². The highest BCUT2D eigenvalue weighted by atomic mass is 14.9. The van der Waals surface area contributed by atoms with Gasteiger partial charge < -0.3 is 10.7 Å². The Morgan fingerprint density at radius 3 is 2.58 bits per heavy atom. The molecule has 0 aliphatic heterocycles. The molecule has 2 heteroatoms. The number of hydrogen-bond donors (Lipinski definition) is 2. The van der Waals surface area contributed by atoms with Crippen LogP contribution in [0, 0.1) is 5.41 Å². The van der Waals surface area contributed by atoms with Crippen molar-refractivity contribution in [2.75, 3.05) is 0 Å². The fourth-order valence-electron chi connectivity index (χ4n) is 1.22. The number of rotatable bonds is 6. The number of nitrogens with one attached hydrogen (secondary N) is 2. The van der Waals surface area contributed by atoms with Gasteiger partial charge in [-0.2, -0.15) is 0 Å². The van der Waals surface area contributed by atoms with E-state index in [2.05, 4.69) is 19.2 Å². The van der Waals surface area contributed by atoms with E-state index in [1.165, 1.54) is 19.1 Å². The normalized spacial score (nSPS) is 14.1. The van der Waals surface area contributed by atoms with Crippen molar-refractivity contribution in [3.63, 3.8) is 0 Å². The highest BCUT2D eigenvalue weighted by molar-refractivity contribution is 5.68. The largest absolute Gasteiger partial charge is 0.386 e. The van der Waals surface area contributed by atoms with Crippen LogP contribution in [-0.4, -0.2) is 12.3 Å². The van der Waals surface area contributed by atoms with Crippen molar-refractivity contribution in [2.24, 2.45) is 0 Å². The van der Waals surface area contributed by atoms with Crippen LogP contribution < -0.4 is 5.32 Å². The molecule has 0 fully saturated rings. The molecule has 0 rings (SSSR count). The van der Waals surface area contributed by atoms with Crippen LogP contribution in [0.2, 0.25) is 0 Å². The Hall–Kier alpha value is -0.790. The average molecular weight is 168 g/mol. The lowest BCUT2D eigenvalue weighted by molar-refractivity contribution is 0.506. The molecule has 0 bridgehead atoms. The summed E-state index contributed by atoms with van der Waals surface area (Å²) in [6, 6.07) is 0.575. The monoisotopic (exact) mass is 168 g/mol. The summed E-state index contributed by atoms with van der Waals surface area (Å²) in [5, 5.41) is 10.3. The smallest absolute Gasteiger partial charge is 0.0255 e. The maximum Gasteiger partial charge on any atom is 0.0255 e. The second-order valence-corrected chi connectivity index (χ2v) is 3.05. The maximum absolute atomic E-state index is 6.89. The predicted octanol–water partition coefficient (Wildman–Crippen LogP) is 2.71. The Labute approximate surface area is 75.6 Å². The van der Waals surface area contributed by atoms with E-state index >= 15 is 0 Å². The minimum Gasteiger partial charge on any atom is -0.386 e. The van der Waals surface area contributed by atoms with Crippen molar-refractivity contribution in [1.82, 2.24) is 5.32 Å². The van der Waals surface area contributed by atoms with Crippen molar-refractivity contribution in [3.8, 4) is 0 Å². The van der Waals surface area contributed by atoms with Crippen molar-refractivity contribution in [3.05, 3.63) is 11.8 Å². The average Bonchev–Trinajstić information content (AvgIpc) is 2.04. The van der Waals surface area contributed by atoms with Crippen molar-refractivity contribution in [1.29, 1.82) is 5.41 Å². The molecule has 0 saturated heterocycles. The lowest BCUT2D eigenvalue weighted by atomic mass is 10.1. The van der Waals surface area contributed by atoms with Crippen LogP contribution in [0.15, 0.2) is 11.8 Å². The van der Waals surface area contributed by atoms with E-state index in [-0.39, 0.29) is 0 Å². The van der Waals surface area contributed by atoms with Gasteiger partial charge in [-0.05, 0) is 25.8 Å². The van der Waals surface area contributed by atoms with Gasteiger partial charge in [-0.15, -0.1) is 0 Å². The third-order valence-corrected chi connectivity index (χ3v) is 1.90. The molecule has 2 N–H and O–H groups in total. The molecule has 12 heavy (non-hydrogen) atoms. The highest BCUT2D eigenvalue weighted by Gasteiger charge is 2.02. The molecule has 0 aromatic heterocycles. The van der Waals surface area contributed by atoms with Gasteiger partial charge in [0.2, 0.25) is 0 Å². The molecular formula is C10H20N2. The molecule has 1 unspecified atom stereocenters. The van der Waals surface area contributed by atoms with Gasteiger partial charge in [-0.1, -0.05) is 20.3 Å². The Morgan fingerprint density at radius 1 is 1.50 bits per heavy atom. The van der Waals surface area contributed by atoms with Crippen LogP contribution in [0.5, 0.6) is 0 Å². The van der Waals surface area contributed by atoms with E-state index in [0.717, 1.165) is 12.1 Å². The zero-order valence-electron chi connectivity index (χ0n) is 8.35. The molecule has 0 aliphatic rings. The first kappa shape index (κ1) is 11.2. The number of allylic oxidation sites excluding steroid dienone is 2. The summed E-state index contributed by atoms with van der Waals surface area (Å²) >= 11 is 0. The number of hydrogen-bond acceptors (Lipinski definition) is 2. The third kappa shape index (κ3) is 4.94. The van der Waals surface area contributed by atoms with Gasteiger partial charge >= 0.3 is 0 Å². The molecule has 1 atom stereocenters. The maximum atomic E-state index is 6.89. The van der Waals surface area contributed by atoms with Gasteiger partial charge in [0, 0.05) is 18.0 Å².